The van der Waals surface area contributed by atoms with Crippen molar-refractivity contribution in [1.82, 2.24) is 20.5 Å². The number of hydrogen-bond acceptors (Lipinski definition) is 4. The van der Waals surface area contributed by atoms with Crippen molar-refractivity contribution in [3.8, 4) is 11.4 Å². The minimum Gasteiger partial charge on any atom is -0.392 e. The minimum absolute atomic E-state index is 0.0787. The normalized spacial score (nSPS) is 24.1. The first-order valence-electron chi connectivity index (χ1n) is 5.72. The first kappa shape index (κ1) is 10.4. The molecule has 0 aliphatic carbocycles. The molecule has 0 radical (unpaired) electrons. The van der Waals surface area contributed by atoms with Crippen LogP contribution in [-0.4, -0.2) is 32.9 Å². The fourth-order valence-electron chi connectivity index (χ4n) is 2.07. The van der Waals surface area contributed by atoms with Crippen molar-refractivity contribution >= 4 is 0 Å². The zero-order chi connectivity index (χ0) is 11.7. The van der Waals surface area contributed by atoms with Gasteiger partial charge in [0, 0.05) is 12.1 Å². The maximum atomic E-state index is 9.46. The van der Waals surface area contributed by atoms with Crippen LogP contribution in [0.1, 0.15) is 18.3 Å². The summed E-state index contributed by atoms with van der Waals surface area (Å²) in [5.41, 5.74) is 0.994. The van der Waals surface area contributed by atoms with Crippen molar-refractivity contribution < 1.29 is 5.11 Å². The second kappa shape index (κ2) is 4.27. The van der Waals surface area contributed by atoms with Crippen LogP contribution in [0.25, 0.3) is 11.4 Å². The highest BCUT2D eigenvalue weighted by Gasteiger charge is 2.26. The molecule has 1 aromatic heterocycles. The minimum atomic E-state index is -0.287. The van der Waals surface area contributed by atoms with Gasteiger partial charge in [0.05, 0.1) is 12.1 Å². The number of benzene rings is 1. The number of nitrogens with zero attached hydrogens (tertiary/aromatic N) is 2. The van der Waals surface area contributed by atoms with E-state index in [0.717, 1.165) is 11.4 Å². The summed E-state index contributed by atoms with van der Waals surface area (Å²) in [6, 6.07) is 9.92. The summed E-state index contributed by atoms with van der Waals surface area (Å²) in [5, 5.41) is 19.8. The summed E-state index contributed by atoms with van der Waals surface area (Å²) in [5.74, 6) is 1.49. The van der Waals surface area contributed by atoms with Crippen molar-refractivity contribution in [2.75, 3.05) is 6.54 Å². The van der Waals surface area contributed by atoms with Crippen LogP contribution in [0.2, 0.25) is 0 Å². The van der Waals surface area contributed by atoms with Gasteiger partial charge in [0.2, 0.25) is 0 Å². The smallest absolute Gasteiger partial charge is 0.181 e. The zero-order valence-corrected chi connectivity index (χ0v) is 9.30. The Morgan fingerprint density at radius 1 is 1.24 bits per heavy atom. The number of rotatable bonds is 2. The summed E-state index contributed by atoms with van der Waals surface area (Å²) < 4.78 is 0. The van der Waals surface area contributed by atoms with Crippen molar-refractivity contribution in [2.24, 2.45) is 0 Å². The average molecular weight is 230 g/mol. The van der Waals surface area contributed by atoms with Crippen molar-refractivity contribution in [2.45, 2.75) is 18.6 Å². The maximum Gasteiger partial charge on any atom is 0.181 e. The van der Waals surface area contributed by atoms with E-state index in [1.807, 2.05) is 30.3 Å². The molecule has 1 saturated heterocycles. The fourth-order valence-corrected chi connectivity index (χ4v) is 2.07. The summed E-state index contributed by atoms with van der Waals surface area (Å²) >= 11 is 0. The highest BCUT2D eigenvalue weighted by atomic mass is 16.3. The highest BCUT2D eigenvalue weighted by Crippen LogP contribution is 2.22. The Balaban J connectivity index is 1.84. The summed E-state index contributed by atoms with van der Waals surface area (Å²) in [6.07, 6.45) is 0.397. The SMILES string of the molecule is OC1CN[C@H](c2nc(-c3ccccc3)n[nH]2)C1. The molecule has 1 aliphatic heterocycles. The third-order valence-electron chi connectivity index (χ3n) is 2.97. The molecule has 3 rings (SSSR count). The molecule has 2 atom stereocenters. The molecule has 1 aromatic carbocycles. The molecule has 1 aliphatic rings. The quantitative estimate of drug-likeness (QED) is 0.715. The first-order chi connectivity index (χ1) is 8.33. The van der Waals surface area contributed by atoms with Crippen LogP contribution in [0.4, 0.5) is 0 Å². The number of β-amino-alcohol motifs (C(OH)–C–C–N with tert-alkyl or cyclic N) is 1. The summed E-state index contributed by atoms with van der Waals surface area (Å²) in [7, 11) is 0. The lowest BCUT2D eigenvalue weighted by molar-refractivity contribution is 0.193. The Bertz CT molecular complexity index is 496. The molecule has 0 bridgehead atoms. The van der Waals surface area contributed by atoms with E-state index in [1.165, 1.54) is 0 Å². The van der Waals surface area contributed by atoms with Crippen LogP contribution < -0.4 is 5.32 Å². The van der Waals surface area contributed by atoms with E-state index in [0.29, 0.717) is 18.8 Å². The molecular formula is C12H14N4O. The molecule has 5 nitrogen and oxygen atoms in total. The molecule has 3 N–H and O–H groups in total. The lowest BCUT2D eigenvalue weighted by atomic mass is 10.2. The van der Waals surface area contributed by atoms with Crippen LogP contribution in [0.3, 0.4) is 0 Å². The standard InChI is InChI=1S/C12H14N4O/c17-9-6-10(13-7-9)12-14-11(15-16-12)8-4-2-1-3-5-8/h1-5,9-10,13,17H,6-7H2,(H,14,15,16)/t9?,10-/m0/s1. The second-order valence-electron chi connectivity index (χ2n) is 4.26. The molecule has 5 heteroatoms. The van der Waals surface area contributed by atoms with E-state index < -0.39 is 0 Å². The second-order valence-corrected chi connectivity index (χ2v) is 4.26. The third-order valence-corrected chi connectivity index (χ3v) is 2.97. The van der Waals surface area contributed by atoms with Gasteiger partial charge in [-0.05, 0) is 6.42 Å². The largest absolute Gasteiger partial charge is 0.392 e. The number of aliphatic hydroxyl groups is 1. The Kier molecular flexibility index (Phi) is 2.62. The summed E-state index contributed by atoms with van der Waals surface area (Å²) in [6.45, 7) is 0.617. The number of nitrogens with one attached hydrogen (secondary N) is 2. The first-order valence-corrected chi connectivity index (χ1v) is 5.72. The molecule has 1 unspecified atom stereocenters. The van der Waals surface area contributed by atoms with E-state index in [4.69, 9.17) is 0 Å². The van der Waals surface area contributed by atoms with E-state index in [-0.39, 0.29) is 12.1 Å². The average Bonchev–Trinajstić information content (AvgIpc) is 2.98. The number of aliphatic hydroxyl groups excluding tert-OH is 1. The number of hydrogen-bond donors (Lipinski definition) is 3. The van der Waals surface area contributed by atoms with Crippen LogP contribution >= 0.6 is 0 Å². The van der Waals surface area contributed by atoms with Gasteiger partial charge in [-0.25, -0.2) is 4.98 Å². The van der Waals surface area contributed by atoms with Crippen LogP contribution in [0.5, 0.6) is 0 Å². The third kappa shape index (κ3) is 2.07. The molecule has 2 aromatic rings. The van der Waals surface area contributed by atoms with Crippen molar-refractivity contribution in [3.63, 3.8) is 0 Å². The van der Waals surface area contributed by atoms with Gasteiger partial charge >= 0.3 is 0 Å². The molecule has 88 valence electrons. The monoisotopic (exact) mass is 230 g/mol. The Morgan fingerprint density at radius 2 is 2.06 bits per heavy atom. The topological polar surface area (TPSA) is 73.8 Å². The van der Waals surface area contributed by atoms with Crippen LogP contribution in [0.15, 0.2) is 30.3 Å². The lowest BCUT2D eigenvalue weighted by Crippen LogP contribution is -2.15. The predicted molar refractivity (Wildman–Crippen MR) is 63.2 cm³/mol. The van der Waals surface area contributed by atoms with Gasteiger partial charge < -0.3 is 10.4 Å². The van der Waals surface area contributed by atoms with Gasteiger partial charge in [0.25, 0.3) is 0 Å². The summed E-state index contributed by atoms with van der Waals surface area (Å²) in [4.78, 5) is 4.46. The van der Waals surface area contributed by atoms with Crippen molar-refractivity contribution in [3.05, 3.63) is 36.2 Å². The van der Waals surface area contributed by atoms with E-state index >= 15 is 0 Å². The van der Waals surface area contributed by atoms with Gasteiger partial charge in [-0.1, -0.05) is 30.3 Å². The predicted octanol–water partition coefficient (Wildman–Crippen LogP) is 0.867. The number of aromatic amines is 1. The number of aromatic nitrogens is 3. The molecular weight excluding hydrogens is 216 g/mol. The fraction of sp³-hybridized carbons (Fsp3) is 0.333. The molecule has 17 heavy (non-hydrogen) atoms. The zero-order valence-electron chi connectivity index (χ0n) is 9.30. The van der Waals surface area contributed by atoms with E-state index in [1.54, 1.807) is 0 Å². The van der Waals surface area contributed by atoms with Crippen LogP contribution in [0, 0.1) is 0 Å². The molecule has 0 amide bonds. The van der Waals surface area contributed by atoms with E-state index in [9.17, 15) is 5.11 Å². The van der Waals surface area contributed by atoms with Crippen molar-refractivity contribution in [1.29, 1.82) is 0 Å². The van der Waals surface area contributed by atoms with Gasteiger partial charge in [-0.3, -0.25) is 5.10 Å². The molecule has 0 saturated carbocycles. The Morgan fingerprint density at radius 3 is 2.76 bits per heavy atom. The van der Waals surface area contributed by atoms with Gasteiger partial charge in [0.15, 0.2) is 5.82 Å². The van der Waals surface area contributed by atoms with Gasteiger partial charge in [-0.15, -0.1) is 0 Å². The van der Waals surface area contributed by atoms with Gasteiger partial charge in [-0.2, -0.15) is 5.10 Å². The maximum absolute atomic E-state index is 9.46. The Labute approximate surface area is 98.9 Å². The molecule has 1 fully saturated rings. The Hall–Kier alpha value is -1.72. The van der Waals surface area contributed by atoms with Gasteiger partial charge in [0.1, 0.15) is 5.82 Å². The highest BCUT2D eigenvalue weighted by molar-refractivity contribution is 5.53. The van der Waals surface area contributed by atoms with E-state index in [2.05, 4.69) is 20.5 Å². The number of H-pyrrole nitrogens is 1. The van der Waals surface area contributed by atoms with Crippen LogP contribution in [-0.2, 0) is 0 Å². The lowest BCUT2D eigenvalue weighted by Gasteiger charge is -2.03. The molecule has 0 spiro atoms. The molecule has 2 heterocycles.